The molecule has 1 heteroatoms. The van der Waals surface area contributed by atoms with Gasteiger partial charge in [0.15, 0.2) is 0 Å². The van der Waals surface area contributed by atoms with Crippen LogP contribution < -0.4 is 0 Å². The second-order valence-corrected chi connectivity index (χ2v) is 4.08. The molecule has 0 aliphatic heterocycles. The lowest BCUT2D eigenvalue weighted by atomic mass is 10.1. The van der Waals surface area contributed by atoms with Crippen molar-refractivity contribution in [1.29, 1.82) is 0 Å². The van der Waals surface area contributed by atoms with Crippen LogP contribution in [0.2, 0.25) is 0 Å². The fourth-order valence-corrected chi connectivity index (χ4v) is 1.57. The molecule has 0 unspecified atom stereocenters. The van der Waals surface area contributed by atoms with Gasteiger partial charge in [-0.1, -0.05) is 50.1 Å². The highest BCUT2D eigenvalue weighted by Gasteiger charge is 1.98. The normalized spacial score (nSPS) is 10.9. The molecule has 0 N–H and O–H groups in total. The summed E-state index contributed by atoms with van der Waals surface area (Å²) in [4.78, 5) is 2.38. The van der Waals surface area contributed by atoms with E-state index in [0.29, 0.717) is 0 Å². The molecule has 0 aliphatic rings. The predicted octanol–water partition coefficient (Wildman–Crippen LogP) is 3.36. The fraction of sp³-hybridized carbons (Fsp3) is 0.500. The zero-order valence-corrected chi connectivity index (χ0v) is 9.95. The summed E-state index contributed by atoms with van der Waals surface area (Å²) in [7, 11) is 2.19. The van der Waals surface area contributed by atoms with Crippen LogP contribution >= 0.6 is 0 Å². The van der Waals surface area contributed by atoms with Crippen molar-refractivity contribution in [3.8, 4) is 0 Å². The Hall–Kier alpha value is -0.820. The number of nitrogens with zero attached hydrogens (tertiary/aromatic N) is 1. The van der Waals surface area contributed by atoms with Crippen LogP contribution in [0.4, 0.5) is 0 Å². The lowest BCUT2D eigenvalue weighted by Crippen LogP contribution is -2.21. The third kappa shape index (κ3) is 5.58. The van der Waals surface area contributed by atoms with Gasteiger partial charge in [0.25, 0.3) is 0 Å². The molecule has 1 nitrogen and oxygen atoms in total. The Kier molecular flexibility index (Phi) is 6.10. The average Bonchev–Trinajstić information content (AvgIpc) is 2.28. The lowest BCUT2D eigenvalue weighted by molar-refractivity contribution is 0.351. The molecule has 0 saturated carbocycles. The standard InChI is InChI=1S/C14H22N/c1-3-4-8-12-15(2)13-11-14-9-6-5-7-10-14/h5-7,9-11H,3-4,8,12-13H2,1-2H3. The molecule has 15 heavy (non-hydrogen) atoms. The Morgan fingerprint density at radius 2 is 1.87 bits per heavy atom. The van der Waals surface area contributed by atoms with Crippen LogP contribution in [-0.2, 0) is 0 Å². The van der Waals surface area contributed by atoms with E-state index in [0.717, 1.165) is 6.54 Å². The molecule has 0 amide bonds. The highest BCUT2D eigenvalue weighted by molar-refractivity contribution is 5.22. The van der Waals surface area contributed by atoms with Gasteiger partial charge in [-0.25, -0.2) is 0 Å². The fourth-order valence-electron chi connectivity index (χ4n) is 1.57. The van der Waals surface area contributed by atoms with Crippen LogP contribution in [0, 0.1) is 6.42 Å². The van der Waals surface area contributed by atoms with Gasteiger partial charge in [-0.3, -0.25) is 0 Å². The molecular weight excluding hydrogens is 182 g/mol. The van der Waals surface area contributed by atoms with E-state index in [1.54, 1.807) is 0 Å². The van der Waals surface area contributed by atoms with E-state index in [9.17, 15) is 0 Å². The van der Waals surface area contributed by atoms with Gasteiger partial charge in [0.05, 0.1) is 0 Å². The van der Waals surface area contributed by atoms with Crippen molar-refractivity contribution < 1.29 is 0 Å². The summed E-state index contributed by atoms with van der Waals surface area (Å²) in [6, 6.07) is 10.5. The molecule has 0 fully saturated rings. The molecule has 1 rings (SSSR count). The smallest absolute Gasteiger partial charge is 0.00536 e. The number of hydrogen-bond acceptors (Lipinski definition) is 1. The van der Waals surface area contributed by atoms with Crippen molar-refractivity contribution in [1.82, 2.24) is 4.90 Å². The molecule has 0 saturated heterocycles. The lowest BCUT2D eigenvalue weighted by Gasteiger charge is -2.15. The van der Waals surface area contributed by atoms with Crippen molar-refractivity contribution in [2.45, 2.75) is 26.2 Å². The third-order valence-corrected chi connectivity index (χ3v) is 2.58. The zero-order chi connectivity index (χ0) is 10.9. The van der Waals surface area contributed by atoms with Crippen molar-refractivity contribution >= 4 is 0 Å². The van der Waals surface area contributed by atoms with Crippen molar-refractivity contribution in [2.75, 3.05) is 20.1 Å². The van der Waals surface area contributed by atoms with Gasteiger partial charge in [0.1, 0.15) is 0 Å². The van der Waals surface area contributed by atoms with Crippen LogP contribution in [0.15, 0.2) is 30.3 Å². The summed E-state index contributed by atoms with van der Waals surface area (Å²) in [6.45, 7) is 4.50. The molecule has 0 bridgehead atoms. The van der Waals surface area contributed by atoms with Gasteiger partial charge < -0.3 is 4.90 Å². The molecule has 1 radical (unpaired) electrons. The van der Waals surface area contributed by atoms with E-state index >= 15 is 0 Å². The van der Waals surface area contributed by atoms with Gasteiger partial charge in [-0.15, -0.1) is 0 Å². The van der Waals surface area contributed by atoms with Crippen LogP contribution in [-0.4, -0.2) is 25.0 Å². The van der Waals surface area contributed by atoms with E-state index in [1.165, 1.54) is 31.4 Å². The van der Waals surface area contributed by atoms with Gasteiger partial charge in [-0.2, -0.15) is 0 Å². The van der Waals surface area contributed by atoms with E-state index in [1.807, 2.05) is 0 Å². The molecular formula is C14H22N. The quantitative estimate of drug-likeness (QED) is 0.616. The maximum absolute atomic E-state index is 2.38. The highest BCUT2D eigenvalue weighted by atomic mass is 15.1. The van der Waals surface area contributed by atoms with Crippen molar-refractivity contribution in [3.63, 3.8) is 0 Å². The van der Waals surface area contributed by atoms with Crippen molar-refractivity contribution in [3.05, 3.63) is 42.3 Å². The topological polar surface area (TPSA) is 3.24 Å². The van der Waals surface area contributed by atoms with Gasteiger partial charge in [-0.05, 0) is 25.6 Å². The summed E-state index contributed by atoms with van der Waals surface area (Å²) in [5.41, 5.74) is 1.32. The monoisotopic (exact) mass is 204 g/mol. The molecule has 0 heterocycles. The summed E-state index contributed by atoms with van der Waals surface area (Å²) in [5.74, 6) is 0. The van der Waals surface area contributed by atoms with E-state index in [-0.39, 0.29) is 0 Å². The SMILES string of the molecule is CCCCCN(C)C[CH]c1ccccc1. The minimum Gasteiger partial charge on any atom is -0.306 e. The molecule has 1 aromatic carbocycles. The molecule has 0 atom stereocenters. The Bertz CT molecular complexity index is 243. The Morgan fingerprint density at radius 1 is 1.13 bits per heavy atom. The molecule has 0 aromatic heterocycles. The summed E-state index contributed by atoms with van der Waals surface area (Å²) < 4.78 is 0. The number of likely N-dealkylation sites (N-methyl/N-ethyl adjacent to an activating group) is 1. The Balaban J connectivity index is 2.14. The van der Waals surface area contributed by atoms with Crippen LogP contribution in [0.25, 0.3) is 0 Å². The van der Waals surface area contributed by atoms with Gasteiger partial charge in [0, 0.05) is 13.0 Å². The first-order valence-corrected chi connectivity index (χ1v) is 5.89. The maximum Gasteiger partial charge on any atom is 0.00536 e. The third-order valence-electron chi connectivity index (χ3n) is 2.58. The first-order valence-electron chi connectivity index (χ1n) is 5.89. The molecule has 0 spiro atoms. The zero-order valence-electron chi connectivity index (χ0n) is 9.95. The number of unbranched alkanes of at least 4 members (excludes halogenated alkanes) is 2. The maximum atomic E-state index is 2.38. The molecule has 0 aliphatic carbocycles. The second kappa shape index (κ2) is 7.47. The predicted molar refractivity (Wildman–Crippen MR) is 66.9 cm³/mol. The van der Waals surface area contributed by atoms with Crippen LogP contribution in [0.3, 0.4) is 0 Å². The van der Waals surface area contributed by atoms with E-state index in [4.69, 9.17) is 0 Å². The average molecular weight is 204 g/mol. The Morgan fingerprint density at radius 3 is 2.53 bits per heavy atom. The molecule has 1 aromatic rings. The van der Waals surface area contributed by atoms with E-state index < -0.39 is 0 Å². The van der Waals surface area contributed by atoms with E-state index in [2.05, 4.69) is 55.6 Å². The van der Waals surface area contributed by atoms with Gasteiger partial charge >= 0.3 is 0 Å². The Labute approximate surface area is 94.1 Å². The highest BCUT2D eigenvalue weighted by Crippen LogP contribution is 2.03. The minimum absolute atomic E-state index is 1.05. The molecule has 83 valence electrons. The van der Waals surface area contributed by atoms with Crippen LogP contribution in [0.5, 0.6) is 0 Å². The number of benzene rings is 1. The van der Waals surface area contributed by atoms with Gasteiger partial charge in [0.2, 0.25) is 0 Å². The summed E-state index contributed by atoms with van der Waals surface area (Å²) >= 11 is 0. The summed E-state index contributed by atoms with van der Waals surface area (Å²) in [6.07, 6.45) is 6.24. The van der Waals surface area contributed by atoms with Crippen LogP contribution in [0.1, 0.15) is 31.7 Å². The second-order valence-electron chi connectivity index (χ2n) is 4.08. The first kappa shape index (κ1) is 12.3. The largest absolute Gasteiger partial charge is 0.306 e. The van der Waals surface area contributed by atoms with Crippen molar-refractivity contribution in [2.24, 2.45) is 0 Å². The number of rotatable bonds is 7. The summed E-state index contributed by atoms with van der Waals surface area (Å²) in [5, 5.41) is 0. The number of hydrogen-bond donors (Lipinski definition) is 0. The minimum atomic E-state index is 1.05. The first-order chi connectivity index (χ1) is 7.33.